The molecule has 0 spiro atoms. The van der Waals surface area contributed by atoms with Crippen LogP contribution in [-0.2, 0) is 4.79 Å². The maximum absolute atomic E-state index is 12.1. The second-order valence-electron chi connectivity index (χ2n) is 5.22. The lowest BCUT2D eigenvalue weighted by atomic mass is 9.87. The van der Waals surface area contributed by atoms with Crippen molar-refractivity contribution in [3.63, 3.8) is 0 Å². The molecule has 1 N–H and O–H groups in total. The molecule has 0 saturated heterocycles. The largest absolute Gasteiger partial charge is 0.325 e. The van der Waals surface area contributed by atoms with Crippen LogP contribution in [0.3, 0.4) is 0 Å². The number of hydrogen-bond acceptors (Lipinski definition) is 2. The summed E-state index contributed by atoms with van der Waals surface area (Å²) in [6, 6.07) is 14.6. The Morgan fingerprint density at radius 2 is 2.05 bits per heavy atom. The maximum atomic E-state index is 12.1. The van der Waals surface area contributed by atoms with Gasteiger partial charge in [-0.1, -0.05) is 36.4 Å². The van der Waals surface area contributed by atoms with E-state index in [0.717, 1.165) is 20.9 Å². The van der Waals surface area contributed by atoms with Gasteiger partial charge < -0.3 is 5.32 Å². The predicted molar refractivity (Wildman–Crippen MR) is 91.1 cm³/mol. The number of hydrogen-bond donors (Lipinski definition) is 1. The van der Waals surface area contributed by atoms with Crippen molar-refractivity contribution in [1.82, 2.24) is 0 Å². The Balaban J connectivity index is 1.95. The summed E-state index contributed by atoms with van der Waals surface area (Å²) in [6.45, 7) is 0. The average Bonchev–Trinajstić information content (AvgIpc) is 2.93. The number of anilines is 1. The van der Waals surface area contributed by atoms with Crippen molar-refractivity contribution in [3.8, 4) is 0 Å². The van der Waals surface area contributed by atoms with Crippen molar-refractivity contribution in [2.75, 3.05) is 5.32 Å². The van der Waals surface area contributed by atoms with Gasteiger partial charge in [-0.3, -0.25) is 4.79 Å². The van der Waals surface area contributed by atoms with E-state index in [1.54, 1.807) is 11.3 Å². The van der Waals surface area contributed by atoms with E-state index in [1.165, 1.54) is 10.4 Å². The topological polar surface area (TPSA) is 29.1 Å². The molecule has 0 saturated carbocycles. The van der Waals surface area contributed by atoms with Crippen LogP contribution in [0.4, 0.5) is 5.69 Å². The van der Waals surface area contributed by atoms with E-state index < -0.39 is 0 Å². The summed E-state index contributed by atoms with van der Waals surface area (Å²) in [5.74, 6) is 0.239. The highest BCUT2D eigenvalue weighted by Gasteiger charge is 2.28. The number of nitrogens with one attached hydrogen (secondary N) is 1. The zero-order valence-corrected chi connectivity index (χ0v) is 13.5. The lowest BCUT2D eigenvalue weighted by molar-refractivity contribution is -0.116. The fourth-order valence-electron chi connectivity index (χ4n) is 2.97. The number of fused-ring (bicyclic) bond motifs is 3. The van der Waals surface area contributed by atoms with Crippen molar-refractivity contribution in [2.45, 2.75) is 12.3 Å². The third-order valence-corrected chi connectivity index (χ3v) is 5.73. The van der Waals surface area contributed by atoms with Crippen LogP contribution in [0.1, 0.15) is 22.8 Å². The van der Waals surface area contributed by atoms with Crippen molar-refractivity contribution in [3.05, 3.63) is 62.8 Å². The first-order chi connectivity index (χ1) is 10.2. The molecular formula is C17H12BrNOS. The normalized spacial score (nSPS) is 17.6. The Morgan fingerprint density at radius 1 is 1.19 bits per heavy atom. The molecule has 21 heavy (non-hydrogen) atoms. The van der Waals surface area contributed by atoms with E-state index in [4.69, 9.17) is 0 Å². The summed E-state index contributed by atoms with van der Waals surface area (Å²) in [7, 11) is 0. The van der Waals surface area contributed by atoms with Gasteiger partial charge in [-0.2, -0.15) is 0 Å². The summed E-state index contributed by atoms with van der Waals surface area (Å²) in [4.78, 5) is 13.4. The molecule has 1 aromatic heterocycles. The van der Waals surface area contributed by atoms with Crippen LogP contribution in [0.2, 0.25) is 0 Å². The van der Waals surface area contributed by atoms with Gasteiger partial charge in [0.15, 0.2) is 0 Å². The molecular weight excluding hydrogens is 346 g/mol. The zero-order chi connectivity index (χ0) is 14.4. The lowest BCUT2D eigenvalue weighted by Gasteiger charge is -2.26. The highest BCUT2D eigenvalue weighted by molar-refractivity contribution is 9.10. The van der Waals surface area contributed by atoms with Gasteiger partial charge in [-0.25, -0.2) is 0 Å². The minimum absolute atomic E-state index is 0.0911. The smallest absolute Gasteiger partial charge is 0.225 e. The van der Waals surface area contributed by atoms with Gasteiger partial charge in [0.05, 0.1) is 5.69 Å². The molecule has 2 nitrogen and oxygen atoms in total. The van der Waals surface area contributed by atoms with E-state index in [9.17, 15) is 4.79 Å². The van der Waals surface area contributed by atoms with Crippen molar-refractivity contribution >= 4 is 49.6 Å². The molecule has 4 rings (SSSR count). The van der Waals surface area contributed by atoms with E-state index in [1.807, 2.05) is 12.1 Å². The van der Waals surface area contributed by atoms with E-state index >= 15 is 0 Å². The quantitative estimate of drug-likeness (QED) is 0.641. The highest BCUT2D eigenvalue weighted by Crippen LogP contribution is 2.43. The first-order valence-electron chi connectivity index (χ1n) is 6.78. The average molecular weight is 358 g/mol. The molecule has 0 bridgehead atoms. The Hall–Kier alpha value is -1.65. The fourth-order valence-corrected chi connectivity index (χ4v) is 4.53. The molecule has 1 aliphatic rings. The van der Waals surface area contributed by atoms with Gasteiger partial charge in [-0.05, 0) is 32.9 Å². The standard InChI is InChI=1S/C17H12BrNOS/c18-11-7-15(21-9-11)14-8-16(20)19-17-12-4-2-1-3-10(12)5-6-13(14)17/h1-7,9,14H,8H2,(H,19,20). The van der Waals surface area contributed by atoms with Gasteiger partial charge >= 0.3 is 0 Å². The molecule has 3 aromatic rings. The minimum Gasteiger partial charge on any atom is -0.325 e. The van der Waals surface area contributed by atoms with Crippen LogP contribution in [0.15, 0.2) is 52.3 Å². The third kappa shape index (κ3) is 2.19. The van der Waals surface area contributed by atoms with Crippen LogP contribution < -0.4 is 5.32 Å². The molecule has 1 atom stereocenters. The Morgan fingerprint density at radius 3 is 2.86 bits per heavy atom. The molecule has 1 unspecified atom stereocenters. The number of carbonyl (C=O) groups excluding carboxylic acids is 1. The Kier molecular flexibility index (Phi) is 3.08. The fraction of sp³-hybridized carbons (Fsp3) is 0.118. The number of carbonyl (C=O) groups is 1. The van der Waals surface area contributed by atoms with Crippen molar-refractivity contribution in [1.29, 1.82) is 0 Å². The van der Waals surface area contributed by atoms with Crippen LogP contribution in [0, 0.1) is 0 Å². The molecule has 2 heterocycles. The number of rotatable bonds is 1. The van der Waals surface area contributed by atoms with Crippen LogP contribution in [-0.4, -0.2) is 5.91 Å². The SMILES string of the molecule is O=C1CC(c2cc(Br)cs2)c2ccc3ccccc3c2N1. The maximum Gasteiger partial charge on any atom is 0.225 e. The van der Waals surface area contributed by atoms with Crippen LogP contribution in [0.25, 0.3) is 10.8 Å². The molecule has 2 aromatic carbocycles. The van der Waals surface area contributed by atoms with Gasteiger partial charge in [-0.15, -0.1) is 11.3 Å². The van der Waals surface area contributed by atoms with Gasteiger partial charge in [0.1, 0.15) is 0 Å². The van der Waals surface area contributed by atoms with Crippen molar-refractivity contribution < 1.29 is 4.79 Å². The van der Waals surface area contributed by atoms with Gasteiger partial charge in [0.25, 0.3) is 0 Å². The Bertz CT molecular complexity index is 855. The molecule has 104 valence electrons. The number of amides is 1. The van der Waals surface area contributed by atoms with E-state index in [0.29, 0.717) is 6.42 Å². The lowest BCUT2D eigenvalue weighted by Crippen LogP contribution is -2.23. The molecule has 0 aliphatic carbocycles. The molecule has 0 radical (unpaired) electrons. The first-order valence-corrected chi connectivity index (χ1v) is 8.45. The highest BCUT2D eigenvalue weighted by atomic mass is 79.9. The number of thiophene rings is 1. The molecule has 4 heteroatoms. The molecule has 1 aliphatic heterocycles. The minimum atomic E-state index is 0.0911. The van der Waals surface area contributed by atoms with E-state index in [2.05, 4.69) is 57.0 Å². The van der Waals surface area contributed by atoms with E-state index in [-0.39, 0.29) is 11.8 Å². The second kappa shape index (κ2) is 4.97. The summed E-state index contributed by atoms with van der Waals surface area (Å²) in [5.41, 5.74) is 2.18. The number of benzene rings is 2. The van der Waals surface area contributed by atoms with Crippen molar-refractivity contribution in [2.24, 2.45) is 0 Å². The zero-order valence-electron chi connectivity index (χ0n) is 11.1. The molecule has 1 amide bonds. The van der Waals surface area contributed by atoms with Crippen LogP contribution in [0.5, 0.6) is 0 Å². The van der Waals surface area contributed by atoms with Crippen LogP contribution >= 0.6 is 27.3 Å². The van der Waals surface area contributed by atoms with Gasteiger partial charge in [0, 0.05) is 32.5 Å². The first kappa shape index (κ1) is 13.0. The predicted octanol–water partition coefficient (Wildman–Crippen LogP) is 5.14. The van der Waals surface area contributed by atoms with Gasteiger partial charge in [0.2, 0.25) is 5.91 Å². The molecule has 0 fully saturated rings. The summed E-state index contributed by atoms with van der Waals surface area (Å²) in [6.07, 6.45) is 0.512. The number of halogens is 1. The monoisotopic (exact) mass is 357 g/mol. The second-order valence-corrected chi connectivity index (χ2v) is 7.08. The summed E-state index contributed by atoms with van der Waals surface area (Å²) >= 11 is 5.20. The summed E-state index contributed by atoms with van der Waals surface area (Å²) in [5, 5.41) is 7.41. The Labute approximate surface area is 134 Å². The summed E-state index contributed by atoms with van der Waals surface area (Å²) < 4.78 is 1.08. The third-order valence-electron chi connectivity index (χ3n) is 3.92.